The molecule has 6 heteroatoms. The third kappa shape index (κ3) is 3.48. The average molecular weight is 405 g/mol. The lowest BCUT2D eigenvalue weighted by molar-refractivity contribution is -0.121. The van der Waals surface area contributed by atoms with E-state index in [0.717, 1.165) is 22.4 Å². The molecule has 0 atom stereocenters. The summed E-state index contributed by atoms with van der Waals surface area (Å²) in [5.41, 5.74) is 5.49. The Hall–Kier alpha value is -3.12. The van der Waals surface area contributed by atoms with Crippen molar-refractivity contribution in [1.29, 1.82) is 0 Å². The molecule has 2 aliphatic heterocycles. The van der Waals surface area contributed by atoms with Crippen molar-refractivity contribution in [3.8, 4) is 0 Å². The Bertz CT molecular complexity index is 1040. The van der Waals surface area contributed by atoms with Crippen LogP contribution in [-0.4, -0.2) is 57.1 Å². The zero-order valence-corrected chi connectivity index (χ0v) is 17.9. The van der Waals surface area contributed by atoms with Crippen molar-refractivity contribution in [3.05, 3.63) is 64.9 Å². The maximum atomic E-state index is 13.6. The second-order valence-electron chi connectivity index (χ2n) is 7.98. The molecule has 6 nitrogen and oxygen atoms in total. The van der Waals surface area contributed by atoms with E-state index in [4.69, 9.17) is 4.74 Å². The standard InChI is InChI=1S/C24H27N3O3/c1-16-8-9-18(14-17(16)2)21-22(26-10-12-30-13-11-26)24(29)27(23(21)28)20-7-5-6-19(15-20)25(3)4/h5-9,14-15H,10-13H2,1-4H3. The monoisotopic (exact) mass is 405 g/mol. The molecule has 2 amide bonds. The van der Waals surface area contributed by atoms with E-state index in [9.17, 15) is 9.59 Å². The summed E-state index contributed by atoms with van der Waals surface area (Å²) < 4.78 is 5.47. The predicted molar refractivity (Wildman–Crippen MR) is 118 cm³/mol. The number of ether oxygens (including phenoxy) is 1. The van der Waals surface area contributed by atoms with Crippen LogP contribution < -0.4 is 9.80 Å². The lowest BCUT2D eigenvalue weighted by atomic mass is 9.99. The first-order valence-electron chi connectivity index (χ1n) is 10.2. The van der Waals surface area contributed by atoms with E-state index >= 15 is 0 Å². The number of aryl methyl sites for hydroxylation is 2. The van der Waals surface area contributed by atoms with Crippen LogP contribution in [0.5, 0.6) is 0 Å². The maximum absolute atomic E-state index is 13.6. The maximum Gasteiger partial charge on any atom is 0.282 e. The van der Waals surface area contributed by atoms with Crippen molar-refractivity contribution in [2.24, 2.45) is 0 Å². The fourth-order valence-electron chi connectivity index (χ4n) is 3.90. The number of carbonyl (C=O) groups is 2. The van der Waals surface area contributed by atoms with Gasteiger partial charge in [-0.15, -0.1) is 0 Å². The minimum atomic E-state index is -0.277. The number of morpholine rings is 1. The normalized spacial score (nSPS) is 17.2. The Balaban J connectivity index is 1.83. The third-order valence-electron chi connectivity index (χ3n) is 5.79. The molecule has 2 aromatic rings. The van der Waals surface area contributed by atoms with E-state index in [2.05, 4.69) is 0 Å². The Kier molecular flexibility index (Phi) is 5.35. The molecule has 0 N–H and O–H groups in total. The van der Waals surface area contributed by atoms with Crippen LogP contribution in [0.3, 0.4) is 0 Å². The summed E-state index contributed by atoms with van der Waals surface area (Å²) in [6.07, 6.45) is 0. The van der Waals surface area contributed by atoms with Crippen molar-refractivity contribution in [2.45, 2.75) is 13.8 Å². The molecule has 1 saturated heterocycles. The highest BCUT2D eigenvalue weighted by Crippen LogP contribution is 2.36. The summed E-state index contributed by atoms with van der Waals surface area (Å²) in [4.78, 5) is 32.5. The highest BCUT2D eigenvalue weighted by atomic mass is 16.5. The summed E-state index contributed by atoms with van der Waals surface area (Å²) in [6, 6.07) is 13.4. The summed E-state index contributed by atoms with van der Waals surface area (Å²) >= 11 is 0. The van der Waals surface area contributed by atoms with E-state index in [-0.39, 0.29) is 11.8 Å². The molecule has 0 aliphatic carbocycles. The molecule has 0 radical (unpaired) electrons. The van der Waals surface area contributed by atoms with Gasteiger partial charge >= 0.3 is 0 Å². The predicted octanol–water partition coefficient (Wildman–Crippen LogP) is 2.99. The molecule has 1 fully saturated rings. The molecule has 30 heavy (non-hydrogen) atoms. The second-order valence-corrected chi connectivity index (χ2v) is 7.98. The van der Waals surface area contributed by atoms with E-state index < -0.39 is 0 Å². The molecule has 0 unspecified atom stereocenters. The number of amides is 2. The molecule has 0 bridgehead atoms. The molecular weight excluding hydrogens is 378 g/mol. The quantitative estimate of drug-likeness (QED) is 0.732. The third-order valence-corrected chi connectivity index (χ3v) is 5.79. The van der Waals surface area contributed by atoms with Gasteiger partial charge in [-0.3, -0.25) is 9.59 Å². The second kappa shape index (κ2) is 7.95. The van der Waals surface area contributed by atoms with E-state index in [1.807, 2.05) is 80.2 Å². The number of hydrogen-bond acceptors (Lipinski definition) is 5. The minimum Gasteiger partial charge on any atom is -0.378 e. The van der Waals surface area contributed by atoms with E-state index in [0.29, 0.717) is 43.3 Å². The van der Waals surface area contributed by atoms with Crippen LogP contribution in [0.2, 0.25) is 0 Å². The molecule has 2 aliphatic rings. The summed E-state index contributed by atoms with van der Waals surface area (Å²) in [5.74, 6) is -0.549. The number of carbonyl (C=O) groups excluding carboxylic acids is 2. The van der Waals surface area contributed by atoms with Gasteiger partial charge in [0.15, 0.2) is 0 Å². The Morgan fingerprint density at radius 1 is 0.900 bits per heavy atom. The minimum absolute atomic E-state index is 0.272. The summed E-state index contributed by atoms with van der Waals surface area (Å²) in [5, 5.41) is 0. The zero-order valence-electron chi connectivity index (χ0n) is 17.9. The van der Waals surface area contributed by atoms with Gasteiger partial charge in [-0.1, -0.05) is 24.3 Å². The van der Waals surface area contributed by atoms with Crippen molar-refractivity contribution in [2.75, 3.05) is 50.2 Å². The molecule has 2 heterocycles. The fourth-order valence-corrected chi connectivity index (χ4v) is 3.90. The average Bonchev–Trinajstić information content (AvgIpc) is 3.01. The highest BCUT2D eigenvalue weighted by molar-refractivity contribution is 6.45. The molecule has 0 spiro atoms. The van der Waals surface area contributed by atoms with Crippen molar-refractivity contribution in [3.63, 3.8) is 0 Å². The van der Waals surface area contributed by atoms with Gasteiger partial charge in [-0.25, -0.2) is 4.90 Å². The smallest absolute Gasteiger partial charge is 0.282 e. The van der Waals surface area contributed by atoms with Crippen LogP contribution in [0.1, 0.15) is 16.7 Å². The van der Waals surface area contributed by atoms with Crippen LogP contribution in [0.25, 0.3) is 5.57 Å². The number of anilines is 2. The van der Waals surface area contributed by atoms with Crippen molar-refractivity contribution < 1.29 is 14.3 Å². The molecule has 2 aromatic carbocycles. The number of imide groups is 1. The van der Waals surface area contributed by atoms with Gasteiger partial charge in [0.25, 0.3) is 11.8 Å². The van der Waals surface area contributed by atoms with Crippen LogP contribution >= 0.6 is 0 Å². The van der Waals surface area contributed by atoms with Gasteiger partial charge in [0.1, 0.15) is 5.70 Å². The first-order chi connectivity index (χ1) is 14.4. The van der Waals surface area contributed by atoms with Crippen molar-refractivity contribution in [1.82, 2.24) is 4.90 Å². The van der Waals surface area contributed by atoms with Crippen LogP contribution in [0, 0.1) is 13.8 Å². The van der Waals surface area contributed by atoms with Crippen molar-refractivity contribution >= 4 is 28.8 Å². The number of benzene rings is 2. The fraction of sp³-hybridized carbons (Fsp3) is 0.333. The Labute approximate surface area is 177 Å². The SMILES string of the molecule is Cc1ccc(C2=C(N3CCOCC3)C(=O)N(c3cccc(N(C)C)c3)C2=O)cc1C. The molecular formula is C24H27N3O3. The van der Waals surface area contributed by atoms with Gasteiger partial charge in [-0.2, -0.15) is 0 Å². The molecule has 0 saturated carbocycles. The summed E-state index contributed by atoms with van der Waals surface area (Å²) in [7, 11) is 3.87. The van der Waals surface area contributed by atoms with Crippen LogP contribution in [0.4, 0.5) is 11.4 Å². The van der Waals surface area contributed by atoms with Crippen LogP contribution in [-0.2, 0) is 14.3 Å². The first kappa shape index (κ1) is 20.2. The topological polar surface area (TPSA) is 53.1 Å². The first-order valence-corrected chi connectivity index (χ1v) is 10.2. The molecule has 0 aromatic heterocycles. The number of nitrogens with zero attached hydrogens (tertiary/aromatic N) is 3. The number of rotatable bonds is 4. The van der Waals surface area contributed by atoms with Gasteiger partial charge in [0, 0.05) is 32.9 Å². The van der Waals surface area contributed by atoms with E-state index in [1.54, 1.807) is 0 Å². The highest BCUT2D eigenvalue weighted by Gasteiger charge is 2.42. The van der Waals surface area contributed by atoms with Gasteiger partial charge in [0.05, 0.1) is 24.5 Å². The van der Waals surface area contributed by atoms with E-state index in [1.165, 1.54) is 4.90 Å². The molecule has 156 valence electrons. The number of hydrogen-bond donors (Lipinski definition) is 0. The zero-order chi connectivity index (χ0) is 21.4. The van der Waals surface area contributed by atoms with Crippen LogP contribution in [0.15, 0.2) is 48.2 Å². The largest absolute Gasteiger partial charge is 0.378 e. The van der Waals surface area contributed by atoms with Gasteiger partial charge in [-0.05, 0) is 48.7 Å². The van der Waals surface area contributed by atoms with Gasteiger partial charge in [0.2, 0.25) is 0 Å². The Morgan fingerprint density at radius 2 is 1.63 bits per heavy atom. The Morgan fingerprint density at radius 3 is 2.30 bits per heavy atom. The lowest BCUT2D eigenvalue weighted by Gasteiger charge is -2.29. The lowest BCUT2D eigenvalue weighted by Crippen LogP contribution is -2.40. The summed E-state index contributed by atoms with van der Waals surface area (Å²) in [6.45, 7) is 6.33. The van der Waals surface area contributed by atoms with Gasteiger partial charge < -0.3 is 14.5 Å². The molecule has 4 rings (SSSR count).